The van der Waals surface area contributed by atoms with Gasteiger partial charge < -0.3 is 20.2 Å². The maximum atomic E-state index is 5.91. The molecule has 2 aromatic heterocycles. The van der Waals surface area contributed by atoms with Crippen molar-refractivity contribution >= 4 is 22.8 Å². The fourth-order valence-corrected chi connectivity index (χ4v) is 4.25. The fraction of sp³-hybridized carbons (Fsp3) is 0.414. The number of hydrogen-bond acceptors (Lipinski definition) is 3. The lowest BCUT2D eigenvalue weighted by Crippen LogP contribution is -2.30. The lowest BCUT2D eigenvalue weighted by Gasteiger charge is -2.28. The summed E-state index contributed by atoms with van der Waals surface area (Å²) >= 11 is 0. The number of aryl methyl sites for hydroxylation is 2. The SMILES string of the molecule is C=C.C=C(N)c1c(C)nc(C2CCN(C)CC2)n1/C=C\C.CC.CCc1cccc2cc[nH]c12. The Labute approximate surface area is 207 Å². The number of aromatic amines is 1. The van der Waals surface area contributed by atoms with Crippen LogP contribution in [0.25, 0.3) is 22.8 Å². The summed E-state index contributed by atoms with van der Waals surface area (Å²) < 4.78 is 2.12. The Morgan fingerprint density at radius 1 is 1.21 bits per heavy atom. The minimum absolute atomic E-state index is 0.513. The van der Waals surface area contributed by atoms with Crippen molar-refractivity contribution in [1.82, 2.24) is 19.4 Å². The molecule has 1 fully saturated rings. The molecule has 0 spiro atoms. The molecule has 0 unspecified atom stereocenters. The zero-order valence-corrected chi connectivity index (χ0v) is 22.2. The maximum Gasteiger partial charge on any atom is 0.116 e. The third-order valence-corrected chi connectivity index (χ3v) is 5.85. The topological polar surface area (TPSA) is 62.9 Å². The van der Waals surface area contributed by atoms with Crippen LogP contribution in [0.5, 0.6) is 0 Å². The molecule has 3 heterocycles. The van der Waals surface area contributed by atoms with Crippen molar-refractivity contribution in [3.63, 3.8) is 0 Å². The van der Waals surface area contributed by atoms with Gasteiger partial charge in [-0.1, -0.05) is 51.6 Å². The van der Waals surface area contributed by atoms with Crippen molar-refractivity contribution in [2.45, 2.75) is 59.8 Å². The molecule has 0 atom stereocenters. The van der Waals surface area contributed by atoms with Gasteiger partial charge in [0.1, 0.15) is 5.82 Å². The van der Waals surface area contributed by atoms with Gasteiger partial charge in [0.15, 0.2) is 0 Å². The number of fused-ring (bicyclic) bond motifs is 1. The summed E-state index contributed by atoms with van der Waals surface area (Å²) in [6.45, 7) is 22.3. The number of nitrogens with zero attached hydrogens (tertiary/aromatic N) is 3. The molecule has 0 aliphatic carbocycles. The van der Waals surface area contributed by atoms with Crippen molar-refractivity contribution in [3.8, 4) is 0 Å². The molecule has 3 aromatic rings. The zero-order chi connectivity index (χ0) is 25.7. The average Bonchev–Trinajstić information content (AvgIpc) is 3.47. The van der Waals surface area contributed by atoms with Crippen LogP contribution in [0.2, 0.25) is 0 Å². The average molecular weight is 464 g/mol. The first-order valence-electron chi connectivity index (χ1n) is 12.4. The van der Waals surface area contributed by atoms with E-state index in [1.165, 1.54) is 16.5 Å². The van der Waals surface area contributed by atoms with Crippen molar-refractivity contribution < 1.29 is 0 Å². The van der Waals surface area contributed by atoms with E-state index in [-0.39, 0.29) is 0 Å². The summed E-state index contributed by atoms with van der Waals surface area (Å²) in [5.41, 5.74) is 11.1. The van der Waals surface area contributed by atoms with Gasteiger partial charge in [-0.15, -0.1) is 13.2 Å². The van der Waals surface area contributed by atoms with E-state index in [0.29, 0.717) is 11.6 Å². The zero-order valence-electron chi connectivity index (χ0n) is 22.2. The minimum atomic E-state index is 0.513. The van der Waals surface area contributed by atoms with E-state index in [0.717, 1.165) is 49.6 Å². The highest BCUT2D eigenvalue weighted by Gasteiger charge is 2.25. The Hall–Kier alpha value is -3.05. The van der Waals surface area contributed by atoms with Gasteiger partial charge in [-0.3, -0.25) is 0 Å². The smallest absolute Gasteiger partial charge is 0.116 e. The number of benzene rings is 1. The quantitative estimate of drug-likeness (QED) is 0.410. The normalized spacial score (nSPS) is 13.9. The van der Waals surface area contributed by atoms with E-state index < -0.39 is 0 Å². The largest absolute Gasteiger partial charge is 0.397 e. The van der Waals surface area contributed by atoms with Crippen LogP contribution in [-0.2, 0) is 6.42 Å². The highest BCUT2D eigenvalue weighted by molar-refractivity contribution is 5.82. The highest BCUT2D eigenvalue weighted by Crippen LogP contribution is 2.30. The van der Waals surface area contributed by atoms with Crippen LogP contribution in [0.15, 0.2) is 56.3 Å². The van der Waals surface area contributed by atoms with E-state index in [1.807, 2.05) is 46.2 Å². The van der Waals surface area contributed by atoms with Crippen LogP contribution in [0.4, 0.5) is 0 Å². The minimum Gasteiger partial charge on any atom is -0.397 e. The molecule has 0 radical (unpaired) electrons. The van der Waals surface area contributed by atoms with Gasteiger partial charge in [0.25, 0.3) is 0 Å². The van der Waals surface area contributed by atoms with Crippen molar-refractivity contribution in [3.05, 3.63) is 79.1 Å². The Bertz CT molecular complexity index is 1030. The number of imidazole rings is 1. The summed E-state index contributed by atoms with van der Waals surface area (Å²) in [5.74, 6) is 1.64. The lowest BCUT2D eigenvalue weighted by atomic mass is 9.96. The second-order valence-corrected chi connectivity index (χ2v) is 8.07. The molecule has 1 saturated heterocycles. The summed E-state index contributed by atoms with van der Waals surface area (Å²) in [4.78, 5) is 10.4. The van der Waals surface area contributed by atoms with Crippen molar-refractivity contribution in [2.24, 2.45) is 5.73 Å². The molecule has 0 bridgehead atoms. The van der Waals surface area contributed by atoms with Gasteiger partial charge in [0, 0.05) is 23.8 Å². The van der Waals surface area contributed by atoms with Gasteiger partial charge in [0.2, 0.25) is 0 Å². The first-order valence-corrected chi connectivity index (χ1v) is 12.4. The number of aromatic nitrogens is 3. The first-order chi connectivity index (χ1) is 16.5. The molecule has 0 amide bonds. The number of likely N-dealkylation sites (tertiary alicyclic amines) is 1. The maximum absolute atomic E-state index is 5.91. The van der Waals surface area contributed by atoms with Crippen molar-refractivity contribution in [1.29, 1.82) is 0 Å². The number of allylic oxidation sites excluding steroid dienone is 1. The predicted octanol–water partition coefficient (Wildman–Crippen LogP) is 6.98. The van der Waals surface area contributed by atoms with Crippen LogP contribution in [0, 0.1) is 6.92 Å². The monoisotopic (exact) mass is 463 g/mol. The second kappa shape index (κ2) is 15.0. The second-order valence-electron chi connectivity index (χ2n) is 8.07. The Balaban J connectivity index is 0.000000326. The van der Waals surface area contributed by atoms with Gasteiger partial charge >= 0.3 is 0 Å². The first kappa shape index (κ1) is 29.0. The number of para-hydroxylation sites is 1. The molecule has 4 rings (SSSR count). The highest BCUT2D eigenvalue weighted by atomic mass is 15.1. The summed E-state index contributed by atoms with van der Waals surface area (Å²) in [6.07, 6.45) is 9.46. The van der Waals surface area contributed by atoms with Crippen LogP contribution in [0.3, 0.4) is 0 Å². The Morgan fingerprint density at radius 2 is 1.85 bits per heavy atom. The fourth-order valence-electron chi connectivity index (χ4n) is 4.25. The van der Waals surface area contributed by atoms with Gasteiger partial charge in [-0.2, -0.15) is 0 Å². The molecule has 0 saturated carbocycles. The van der Waals surface area contributed by atoms with E-state index in [2.05, 4.69) is 72.4 Å². The lowest BCUT2D eigenvalue weighted by molar-refractivity contribution is 0.250. The molecule has 3 N–H and O–H groups in total. The van der Waals surface area contributed by atoms with Crippen LogP contribution in [-0.4, -0.2) is 39.6 Å². The molecule has 34 heavy (non-hydrogen) atoms. The number of rotatable bonds is 4. The molecule has 1 aromatic carbocycles. The predicted molar refractivity (Wildman–Crippen MR) is 151 cm³/mol. The van der Waals surface area contributed by atoms with Crippen LogP contribution < -0.4 is 5.73 Å². The molecule has 5 nitrogen and oxygen atoms in total. The number of nitrogens with two attached hydrogens (primary N) is 1. The summed E-state index contributed by atoms with van der Waals surface area (Å²) in [6, 6.07) is 8.51. The van der Waals surface area contributed by atoms with Crippen molar-refractivity contribution in [2.75, 3.05) is 20.1 Å². The third-order valence-electron chi connectivity index (χ3n) is 5.85. The Morgan fingerprint density at radius 3 is 2.41 bits per heavy atom. The molecule has 5 heteroatoms. The van der Waals surface area contributed by atoms with Gasteiger partial charge in [0.05, 0.1) is 17.1 Å². The standard InChI is InChI=1S/C15H24N4.C10H11N.C2H6.C2H4/c1-5-8-19-14(11(2)16)12(3)17-15(19)13-6-9-18(4)10-7-13;1-2-8-4-3-5-9-6-7-11-10(8)9;2*1-2/h5,8,13H,2,6-7,9-10,16H2,1,3-4H3;3-7,11H,2H2,1H3;1-2H3;1-2H2/b8-5-;;;. The van der Waals surface area contributed by atoms with Gasteiger partial charge in [-0.05, 0) is 70.3 Å². The number of piperidine rings is 1. The number of hydrogen-bond donors (Lipinski definition) is 2. The summed E-state index contributed by atoms with van der Waals surface area (Å²) in [5, 5.41) is 1.31. The molecular formula is C29H45N5. The van der Waals surface area contributed by atoms with E-state index in [1.54, 1.807) is 0 Å². The van der Waals surface area contributed by atoms with Gasteiger partial charge in [-0.25, -0.2) is 4.98 Å². The third kappa shape index (κ3) is 7.22. The molecular weight excluding hydrogens is 418 g/mol. The molecule has 1 aliphatic heterocycles. The molecule has 1 aliphatic rings. The van der Waals surface area contributed by atoms with E-state index in [9.17, 15) is 0 Å². The van der Waals surface area contributed by atoms with E-state index in [4.69, 9.17) is 10.7 Å². The Kier molecular flexibility index (Phi) is 12.8. The van der Waals surface area contributed by atoms with Crippen LogP contribution in [0.1, 0.15) is 69.2 Å². The summed E-state index contributed by atoms with van der Waals surface area (Å²) in [7, 11) is 2.17. The van der Waals surface area contributed by atoms with Crippen LogP contribution >= 0.6 is 0 Å². The number of nitrogens with one attached hydrogen (secondary N) is 1. The van der Waals surface area contributed by atoms with E-state index >= 15 is 0 Å². The number of H-pyrrole nitrogens is 1. The molecule has 186 valence electrons.